The highest BCUT2D eigenvalue weighted by Crippen LogP contribution is 2.22. The topological polar surface area (TPSA) is 78.9 Å². The number of carbonyl (C=O) groups excluding carboxylic acids is 1. The van der Waals surface area contributed by atoms with Crippen molar-refractivity contribution >= 4 is 17.3 Å². The number of nitrogens with zero attached hydrogens (tertiary/aromatic N) is 1. The minimum absolute atomic E-state index is 0.0605. The molecule has 0 bridgehead atoms. The van der Waals surface area contributed by atoms with Crippen molar-refractivity contribution in [2.75, 3.05) is 11.1 Å². The van der Waals surface area contributed by atoms with Crippen molar-refractivity contribution in [1.29, 1.82) is 5.26 Å². The maximum atomic E-state index is 13.5. The number of nitrogen functional groups attached to an aromatic ring is 1. The Kier molecular flexibility index (Phi) is 3.80. The predicted molar refractivity (Wildman–Crippen MR) is 69.8 cm³/mol. The van der Waals surface area contributed by atoms with Crippen LogP contribution >= 0.6 is 0 Å². The lowest BCUT2D eigenvalue weighted by molar-refractivity contribution is 0.101. The molecule has 1 amide bonds. The molecule has 21 heavy (non-hydrogen) atoms. The molecule has 0 unspecified atom stereocenters. The number of rotatable bonds is 2. The van der Waals surface area contributed by atoms with Gasteiger partial charge in [0.25, 0.3) is 5.91 Å². The van der Waals surface area contributed by atoms with E-state index in [0.29, 0.717) is 12.1 Å². The van der Waals surface area contributed by atoms with Gasteiger partial charge in [-0.1, -0.05) is 0 Å². The summed E-state index contributed by atoms with van der Waals surface area (Å²) in [5.74, 6) is -4.88. The Bertz CT molecular complexity index is 746. The third-order valence-electron chi connectivity index (χ3n) is 2.66. The summed E-state index contributed by atoms with van der Waals surface area (Å²) in [7, 11) is 0. The number of carbonyl (C=O) groups is 1. The first-order chi connectivity index (χ1) is 9.92. The van der Waals surface area contributed by atoms with Crippen LogP contribution in [-0.2, 0) is 0 Å². The number of amides is 1. The molecule has 2 aromatic carbocycles. The zero-order valence-electron chi connectivity index (χ0n) is 10.5. The molecule has 0 aromatic heterocycles. The van der Waals surface area contributed by atoms with Crippen LogP contribution in [0.3, 0.4) is 0 Å². The van der Waals surface area contributed by atoms with E-state index in [-0.39, 0.29) is 16.9 Å². The van der Waals surface area contributed by atoms with Crippen LogP contribution in [0.5, 0.6) is 0 Å². The molecule has 0 heterocycles. The van der Waals surface area contributed by atoms with Crippen LogP contribution in [0.25, 0.3) is 0 Å². The van der Waals surface area contributed by atoms with E-state index in [4.69, 9.17) is 11.0 Å². The monoisotopic (exact) mass is 291 g/mol. The third kappa shape index (κ3) is 2.95. The van der Waals surface area contributed by atoms with Gasteiger partial charge in [0, 0.05) is 12.1 Å². The molecule has 0 saturated carbocycles. The average molecular weight is 291 g/mol. The summed E-state index contributed by atoms with van der Waals surface area (Å²) in [6.07, 6.45) is 0. The number of halogens is 3. The van der Waals surface area contributed by atoms with E-state index in [1.54, 1.807) is 0 Å². The Balaban J connectivity index is 2.33. The highest BCUT2D eigenvalue weighted by atomic mass is 19.1. The molecule has 0 aliphatic rings. The van der Waals surface area contributed by atoms with E-state index < -0.39 is 28.9 Å². The zero-order valence-corrected chi connectivity index (χ0v) is 10.5. The Labute approximate surface area is 117 Å². The summed E-state index contributed by atoms with van der Waals surface area (Å²) in [4.78, 5) is 11.8. The van der Waals surface area contributed by atoms with Crippen molar-refractivity contribution in [3.8, 4) is 6.07 Å². The van der Waals surface area contributed by atoms with Gasteiger partial charge in [-0.3, -0.25) is 4.79 Å². The SMILES string of the molecule is N#Cc1ccc(NC(=O)c2c(F)cc(F)cc2F)c(N)c1. The fraction of sp³-hybridized carbons (Fsp3) is 0. The molecule has 106 valence electrons. The minimum atomic E-state index is -1.32. The van der Waals surface area contributed by atoms with Gasteiger partial charge in [0.05, 0.1) is 23.0 Å². The molecule has 0 aliphatic heterocycles. The van der Waals surface area contributed by atoms with E-state index >= 15 is 0 Å². The molecule has 0 atom stereocenters. The Morgan fingerprint density at radius 1 is 1.14 bits per heavy atom. The molecule has 2 rings (SSSR count). The number of nitriles is 1. The average Bonchev–Trinajstić information content (AvgIpc) is 2.39. The summed E-state index contributed by atoms with van der Waals surface area (Å²) in [6.45, 7) is 0. The van der Waals surface area contributed by atoms with Crippen molar-refractivity contribution in [2.45, 2.75) is 0 Å². The van der Waals surface area contributed by atoms with E-state index in [1.807, 2.05) is 6.07 Å². The lowest BCUT2D eigenvalue weighted by Crippen LogP contribution is -2.17. The second-order valence-corrected chi connectivity index (χ2v) is 4.11. The molecular formula is C14H8F3N3O. The van der Waals surface area contributed by atoms with Crippen molar-refractivity contribution in [3.63, 3.8) is 0 Å². The number of hydrogen-bond acceptors (Lipinski definition) is 3. The molecule has 2 aromatic rings. The third-order valence-corrected chi connectivity index (χ3v) is 2.66. The van der Waals surface area contributed by atoms with E-state index in [0.717, 1.165) is 0 Å². The standard InChI is InChI=1S/C14H8F3N3O/c15-8-4-9(16)13(10(17)5-8)14(21)20-12-2-1-7(6-18)3-11(12)19/h1-5H,19H2,(H,20,21). The van der Waals surface area contributed by atoms with E-state index in [1.165, 1.54) is 18.2 Å². The smallest absolute Gasteiger partial charge is 0.261 e. The number of anilines is 2. The highest BCUT2D eigenvalue weighted by Gasteiger charge is 2.19. The highest BCUT2D eigenvalue weighted by molar-refractivity contribution is 6.06. The van der Waals surface area contributed by atoms with Crippen LogP contribution in [0.4, 0.5) is 24.5 Å². The first-order valence-corrected chi connectivity index (χ1v) is 5.68. The van der Waals surface area contributed by atoms with E-state index in [2.05, 4.69) is 5.32 Å². The lowest BCUT2D eigenvalue weighted by atomic mass is 10.1. The van der Waals surface area contributed by atoms with Gasteiger partial charge in [0.2, 0.25) is 0 Å². The Hall–Kier alpha value is -3.01. The van der Waals surface area contributed by atoms with E-state index in [9.17, 15) is 18.0 Å². The van der Waals surface area contributed by atoms with Crippen LogP contribution in [0.2, 0.25) is 0 Å². The van der Waals surface area contributed by atoms with Crippen molar-refractivity contribution in [1.82, 2.24) is 0 Å². The summed E-state index contributed by atoms with van der Waals surface area (Å²) in [6, 6.07) is 6.66. The van der Waals surface area contributed by atoms with Crippen LogP contribution in [-0.4, -0.2) is 5.91 Å². The largest absolute Gasteiger partial charge is 0.397 e. The number of hydrogen-bond donors (Lipinski definition) is 2. The maximum absolute atomic E-state index is 13.5. The van der Waals surface area contributed by atoms with Gasteiger partial charge in [-0.15, -0.1) is 0 Å². The first-order valence-electron chi connectivity index (χ1n) is 5.68. The number of nitrogens with one attached hydrogen (secondary N) is 1. The van der Waals surface area contributed by atoms with Crippen LogP contribution in [0.1, 0.15) is 15.9 Å². The van der Waals surface area contributed by atoms with Gasteiger partial charge < -0.3 is 11.1 Å². The molecule has 0 radical (unpaired) electrons. The van der Waals surface area contributed by atoms with Gasteiger partial charge in [0.1, 0.15) is 23.0 Å². The molecule has 4 nitrogen and oxygen atoms in total. The van der Waals surface area contributed by atoms with Gasteiger partial charge in [0.15, 0.2) is 0 Å². The summed E-state index contributed by atoms with van der Waals surface area (Å²) in [5.41, 5.74) is 5.11. The molecular weight excluding hydrogens is 283 g/mol. The molecule has 0 saturated heterocycles. The molecule has 0 fully saturated rings. The van der Waals surface area contributed by atoms with Crippen molar-refractivity contribution < 1.29 is 18.0 Å². The summed E-state index contributed by atoms with van der Waals surface area (Å²) in [5, 5.41) is 10.9. The van der Waals surface area contributed by atoms with Gasteiger partial charge in [-0.2, -0.15) is 5.26 Å². The minimum Gasteiger partial charge on any atom is -0.397 e. The molecule has 3 N–H and O–H groups in total. The van der Waals surface area contributed by atoms with Crippen molar-refractivity contribution in [2.24, 2.45) is 0 Å². The zero-order chi connectivity index (χ0) is 15.6. The summed E-state index contributed by atoms with van der Waals surface area (Å²) < 4.78 is 39.7. The molecule has 7 heteroatoms. The van der Waals surface area contributed by atoms with Gasteiger partial charge in [-0.25, -0.2) is 13.2 Å². The molecule has 0 spiro atoms. The fourth-order valence-electron chi connectivity index (χ4n) is 1.69. The first kappa shape index (κ1) is 14.4. The van der Waals surface area contributed by atoms with Gasteiger partial charge >= 0.3 is 0 Å². The summed E-state index contributed by atoms with van der Waals surface area (Å²) >= 11 is 0. The lowest BCUT2D eigenvalue weighted by Gasteiger charge is -2.09. The normalized spacial score (nSPS) is 10.0. The quantitative estimate of drug-likeness (QED) is 0.835. The second-order valence-electron chi connectivity index (χ2n) is 4.11. The number of nitrogens with two attached hydrogens (primary N) is 1. The van der Waals surface area contributed by atoms with Gasteiger partial charge in [-0.05, 0) is 18.2 Å². The fourth-order valence-corrected chi connectivity index (χ4v) is 1.69. The van der Waals surface area contributed by atoms with Crippen molar-refractivity contribution in [3.05, 3.63) is 58.9 Å². The van der Waals surface area contributed by atoms with Crippen LogP contribution < -0.4 is 11.1 Å². The Morgan fingerprint density at radius 3 is 2.29 bits per heavy atom. The van der Waals surface area contributed by atoms with Crippen LogP contribution in [0, 0.1) is 28.8 Å². The second kappa shape index (κ2) is 5.54. The van der Waals surface area contributed by atoms with Crippen LogP contribution in [0.15, 0.2) is 30.3 Å². The Morgan fingerprint density at radius 2 is 1.76 bits per heavy atom. The maximum Gasteiger partial charge on any atom is 0.261 e. The number of benzene rings is 2. The predicted octanol–water partition coefficient (Wildman–Crippen LogP) is 2.81. The molecule has 0 aliphatic carbocycles.